The second-order valence-corrected chi connectivity index (χ2v) is 4.84. The lowest BCUT2D eigenvalue weighted by Gasteiger charge is -2.19. The molecule has 1 aromatic rings. The minimum absolute atomic E-state index is 0.0527. The number of aromatic nitrogens is 1. The molecule has 0 fully saturated rings. The number of rotatable bonds is 3. The average Bonchev–Trinajstić information content (AvgIpc) is 2.18. The van der Waals surface area contributed by atoms with Crippen LogP contribution < -0.4 is 10.6 Å². The molecule has 4 nitrogen and oxygen atoms in total. The minimum Gasteiger partial charge on any atom is -0.324 e. The summed E-state index contributed by atoms with van der Waals surface area (Å²) >= 11 is 0. The van der Waals surface area contributed by atoms with Gasteiger partial charge in [-0.15, -0.1) is 0 Å². The van der Waals surface area contributed by atoms with E-state index >= 15 is 0 Å². The summed E-state index contributed by atoms with van der Waals surface area (Å²) in [5, 5.41) is 5.90. The van der Waals surface area contributed by atoms with Crippen molar-refractivity contribution in [3.63, 3.8) is 0 Å². The number of aryl methyl sites for hydroxylation is 1. The standard InChI is InChI=1S/C12H19N3O/c1-9-5-6-10(7-13-9)15-11(16)8-14-12(2,3)4/h5-7,14H,8H2,1-4H3,(H,15,16). The number of hydrogen-bond acceptors (Lipinski definition) is 3. The molecule has 1 aromatic heterocycles. The van der Waals surface area contributed by atoms with Crippen molar-refractivity contribution in [1.82, 2.24) is 10.3 Å². The Morgan fingerprint density at radius 1 is 1.38 bits per heavy atom. The highest BCUT2D eigenvalue weighted by Crippen LogP contribution is 2.05. The van der Waals surface area contributed by atoms with E-state index in [1.807, 2.05) is 39.8 Å². The van der Waals surface area contributed by atoms with Crippen LogP contribution in [0.15, 0.2) is 18.3 Å². The average molecular weight is 221 g/mol. The van der Waals surface area contributed by atoms with Gasteiger partial charge in [-0.25, -0.2) is 0 Å². The summed E-state index contributed by atoms with van der Waals surface area (Å²) in [6.45, 7) is 8.28. The predicted molar refractivity (Wildman–Crippen MR) is 65.4 cm³/mol. The lowest BCUT2D eigenvalue weighted by molar-refractivity contribution is -0.115. The van der Waals surface area contributed by atoms with E-state index in [2.05, 4.69) is 15.6 Å². The van der Waals surface area contributed by atoms with E-state index in [1.54, 1.807) is 6.20 Å². The Morgan fingerprint density at radius 2 is 2.06 bits per heavy atom. The van der Waals surface area contributed by atoms with E-state index in [4.69, 9.17) is 0 Å². The number of anilines is 1. The van der Waals surface area contributed by atoms with Gasteiger partial charge in [0.1, 0.15) is 0 Å². The minimum atomic E-state index is -0.0550. The molecule has 0 aromatic carbocycles. The maximum absolute atomic E-state index is 11.5. The third-order valence-electron chi connectivity index (χ3n) is 1.97. The number of nitrogens with one attached hydrogen (secondary N) is 2. The van der Waals surface area contributed by atoms with Crippen molar-refractivity contribution in [1.29, 1.82) is 0 Å². The van der Waals surface area contributed by atoms with Gasteiger partial charge in [-0.1, -0.05) is 0 Å². The summed E-state index contributed by atoms with van der Waals surface area (Å²) in [5.74, 6) is -0.0550. The molecule has 1 amide bonds. The van der Waals surface area contributed by atoms with E-state index in [-0.39, 0.29) is 11.4 Å². The van der Waals surface area contributed by atoms with Crippen molar-refractivity contribution in [2.24, 2.45) is 0 Å². The zero-order valence-corrected chi connectivity index (χ0v) is 10.3. The molecule has 0 atom stereocenters. The van der Waals surface area contributed by atoms with Gasteiger partial charge in [0.15, 0.2) is 0 Å². The molecule has 0 spiro atoms. The first kappa shape index (κ1) is 12.6. The van der Waals surface area contributed by atoms with Crippen LogP contribution in [0.25, 0.3) is 0 Å². The molecule has 0 unspecified atom stereocenters. The highest BCUT2D eigenvalue weighted by Gasteiger charge is 2.11. The molecule has 0 aliphatic rings. The molecule has 1 heterocycles. The third-order valence-corrected chi connectivity index (χ3v) is 1.97. The molecule has 0 radical (unpaired) electrons. The number of pyridine rings is 1. The summed E-state index contributed by atoms with van der Waals surface area (Å²) in [6.07, 6.45) is 1.66. The zero-order valence-electron chi connectivity index (χ0n) is 10.3. The molecule has 0 saturated carbocycles. The summed E-state index contributed by atoms with van der Waals surface area (Å²) in [5.41, 5.74) is 1.61. The number of nitrogens with zero attached hydrogens (tertiary/aromatic N) is 1. The van der Waals surface area contributed by atoms with Crippen LogP contribution in [0.1, 0.15) is 26.5 Å². The number of carbonyl (C=O) groups is 1. The van der Waals surface area contributed by atoms with Gasteiger partial charge in [0, 0.05) is 11.2 Å². The number of amides is 1. The van der Waals surface area contributed by atoms with Gasteiger partial charge in [-0.05, 0) is 39.8 Å². The van der Waals surface area contributed by atoms with Gasteiger partial charge in [0.25, 0.3) is 0 Å². The van der Waals surface area contributed by atoms with Gasteiger partial charge in [-0.2, -0.15) is 0 Å². The molecule has 88 valence electrons. The molecule has 0 aliphatic heterocycles. The first-order valence-corrected chi connectivity index (χ1v) is 5.34. The number of hydrogen-bond donors (Lipinski definition) is 2. The largest absolute Gasteiger partial charge is 0.324 e. The van der Waals surface area contributed by atoms with Crippen molar-refractivity contribution < 1.29 is 4.79 Å². The maximum Gasteiger partial charge on any atom is 0.238 e. The van der Waals surface area contributed by atoms with E-state index in [1.165, 1.54) is 0 Å². The zero-order chi connectivity index (χ0) is 12.2. The fourth-order valence-electron chi connectivity index (χ4n) is 1.09. The van der Waals surface area contributed by atoms with Crippen molar-refractivity contribution in [2.75, 3.05) is 11.9 Å². The van der Waals surface area contributed by atoms with E-state index < -0.39 is 0 Å². The fraction of sp³-hybridized carbons (Fsp3) is 0.500. The Labute approximate surface area is 96.5 Å². The molecular weight excluding hydrogens is 202 g/mol. The van der Waals surface area contributed by atoms with Gasteiger partial charge < -0.3 is 10.6 Å². The molecule has 0 saturated heterocycles. The van der Waals surface area contributed by atoms with E-state index in [9.17, 15) is 4.79 Å². The van der Waals surface area contributed by atoms with Crippen molar-refractivity contribution in [3.8, 4) is 0 Å². The van der Waals surface area contributed by atoms with Crippen molar-refractivity contribution >= 4 is 11.6 Å². The van der Waals surface area contributed by atoms with E-state index in [0.717, 1.165) is 11.4 Å². The predicted octanol–water partition coefficient (Wildman–Crippen LogP) is 1.72. The molecule has 0 bridgehead atoms. The van der Waals surface area contributed by atoms with Gasteiger partial charge in [-0.3, -0.25) is 9.78 Å². The van der Waals surface area contributed by atoms with Crippen LogP contribution in [0.2, 0.25) is 0 Å². The second-order valence-electron chi connectivity index (χ2n) is 4.84. The summed E-state index contributed by atoms with van der Waals surface area (Å²) in [7, 11) is 0. The van der Waals surface area contributed by atoms with Crippen LogP contribution in [0.3, 0.4) is 0 Å². The monoisotopic (exact) mass is 221 g/mol. The second kappa shape index (κ2) is 5.07. The SMILES string of the molecule is Cc1ccc(NC(=O)CNC(C)(C)C)cn1. The fourth-order valence-corrected chi connectivity index (χ4v) is 1.09. The van der Waals surface area contributed by atoms with Crippen LogP contribution in [-0.2, 0) is 4.79 Å². The Kier molecular flexibility index (Phi) is 4.01. The van der Waals surface area contributed by atoms with Crippen LogP contribution in [0.4, 0.5) is 5.69 Å². The van der Waals surface area contributed by atoms with Gasteiger partial charge in [0.05, 0.1) is 18.4 Å². The van der Waals surface area contributed by atoms with Crippen LogP contribution in [-0.4, -0.2) is 23.0 Å². The maximum atomic E-state index is 11.5. The third kappa shape index (κ3) is 4.89. The Balaban J connectivity index is 2.43. The molecular formula is C12H19N3O. The molecule has 0 aliphatic carbocycles. The summed E-state index contributed by atoms with van der Waals surface area (Å²) in [4.78, 5) is 15.6. The lowest BCUT2D eigenvalue weighted by atomic mass is 10.1. The van der Waals surface area contributed by atoms with Crippen molar-refractivity contribution in [2.45, 2.75) is 33.2 Å². The van der Waals surface area contributed by atoms with Gasteiger partial charge in [0.2, 0.25) is 5.91 Å². The topological polar surface area (TPSA) is 54.0 Å². The first-order chi connectivity index (χ1) is 7.37. The van der Waals surface area contributed by atoms with Gasteiger partial charge >= 0.3 is 0 Å². The van der Waals surface area contributed by atoms with Crippen LogP contribution in [0, 0.1) is 6.92 Å². The smallest absolute Gasteiger partial charge is 0.238 e. The quantitative estimate of drug-likeness (QED) is 0.817. The highest BCUT2D eigenvalue weighted by atomic mass is 16.1. The molecule has 1 rings (SSSR count). The molecule has 2 N–H and O–H groups in total. The number of carbonyl (C=O) groups excluding carboxylic acids is 1. The Hall–Kier alpha value is -1.42. The summed E-state index contributed by atoms with van der Waals surface area (Å²) in [6, 6.07) is 3.71. The Morgan fingerprint density at radius 3 is 2.56 bits per heavy atom. The summed E-state index contributed by atoms with van der Waals surface area (Å²) < 4.78 is 0. The lowest BCUT2D eigenvalue weighted by Crippen LogP contribution is -2.41. The Bertz CT molecular complexity index is 352. The van der Waals surface area contributed by atoms with Crippen LogP contribution in [0.5, 0.6) is 0 Å². The normalized spacial score (nSPS) is 11.2. The first-order valence-electron chi connectivity index (χ1n) is 5.34. The van der Waals surface area contributed by atoms with Crippen molar-refractivity contribution in [3.05, 3.63) is 24.0 Å². The molecule has 16 heavy (non-hydrogen) atoms. The van der Waals surface area contributed by atoms with E-state index in [0.29, 0.717) is 6.54 Å². The highest BCUT2D eigenvalue weighted by molar-refractivity contribution is 5.92. The van der Waals surface area contributed by atoms with Crippen LogP contribution >= 0.6 is 0 Å². The molecule has 4 heteroatoms.